The van der Waals surface area contributed by atoms with E-state index in [9.17, 15) is 4.79 Å². The summed E-state index contributed by atoms with van der Waals surface area (Å²) in [7, 11) is 2.69. The zero-order valence-electron chi connectivity index (χ0n) is 19.6. The second-order valence-corrected chi connectivity index (χ2v) is 8.23. The standard InChI is InChI=1S/C28H28N2O4/c1-20(28(23-15-8-5-9-16-23)18-25(28)21-12-6-4-7-13-21)29-34-19-22-14-10-11-17-24(22)26(30-33-3)27(31)32-2/h4-17,25H,18-19H2,1-3H3/b29-20?,30-26-. The van der Waals surface area contributed by atoms with E-state index < -0.39 is 5.97 Å². The summed E-state index contributed by atoms with van der Waals surface area (Å²) in [4.78, 5) is 22.9. The number of hydrogen-bond acceptors (Lipinski definition) is 6. The van der Waals surface area contributed by atoms with Crippen molar-refractivity contribution < 1.29 is 19.2 Å². The van der Waals surface area contributed by atoms with Gasteiger partial charge in [-0.1, -0.05) is 95.2 Å². The molecule has 0 amide bonds. The monoisotopic (exact) mass is 456 g/mol. The Hall–Kier alpha value is -3.93. The summed E-state index contributed by atoms with van der Waals surface area (Å²) < 4.78 is 4.85. The molecule has 3 aromatic rings. The first-order valence-corrected chi connectivity index (χ1v) is 11.2. The maximum atomic E-state index is 12.2. The summed E-state index contributed by atoms with van der Waals surface area (Å²) in [5.74, 6) is -0.240. The fraction of sp³-hybridized carbons (Fsp3) is 0.250. The van der Waals surface area contributed by atoms with Crippen molar-refractivity contribution in [2.24, 2.45) is 10.3 Å². The van der Waals surface area contributed by atoms with Gasteiger partial charge in [-0.2, -0.15) is 0 Å². The lowest BCUT2D eigenvalue weighted by Crippen LogP contribution is -2.21. The second kappa shape index (κ2) is 10.3. The largest absolute Gasteiger partial charge is 0.464 e. The highest BCUT2D eigenvalue weighted by Crippen LogP contribution is 2.61. The van der Waals surface area contributed by atoms with Gasteiger partial charge in [0.25, 0.3) is 0 Å². The molecule has 6 nitrogen and oxygen atoms in total. The Labute approximate surface area is 199 Å². The van der Waals surface area contributed by atoms with E-state index in [1.807, 2.05) is 37.3 Å². The Morgan fingerprint density at radius 3 is 2.24 bits per heavy atom. The highest BCUT2D eigenvalue weighted by atomic mass is 16.6. The van der Waals surface area contributed by atoms with E-state index in [1.165, 1.54) is 25.3 Å². The highest BCUT2D eigenvalue weighted by Gasteiger charge is 2.58. The fourth-order valence-corrected chi connectivity index (χ4v) is 4.56. The molecule has 0 aromatic heterocycles. The highest BCUT2D eigenvalue weighted by molar-refractivity contribution is 6.43. The van der Waals surface area contributed by atoms with Crippen LogP contribution in [0.2, 0.25) is 0 Å². The molecular formula is C28H28N2O4. The van der Waals surface area contributed by atoms with Crippen molar-refractivity contribution in [1.29, 1.82) is 0 Å². The van der Waals surface area contributed by atoms with Crippen molar-refractivity contribution in [3.63, 3.8) is 0 Å². The number of oxime groups is 2. The molecule has 0 spiro atoms. The van der Waals surface area contributed by atoms with Crippen LogP contribution in [0.3, 0.4) is 0 Å². The van der Waals surface area contributed by atoms with Crippen LogP contribution in [0.15, 0.2) is 95.2 Å². The fourth-order valence-electron chi connectivity index (χ4n) is 4.56. The van der Waals surface area contributed by atoms with Crippen molar-refractivity contribution in [2.75, 3.05) is 14.2 Å². The number of hydrogen-bond donors (Lipinski definition) is 0. The van der Waals surface area contributed by atoms with Crippen molar-refractivity contribution >= 4 is 17.4 Å². The van der Waals surface area contributed by atoms with Crippen LogP contribution in [-0.2, 0) is 31.2 Å². The Bertz CT molecular complexity index is 1190. The first-order valence-electron chi connectivity index (χ1n) is 11.2. The second-order valence-electron chi connectivity index (χ2n) is 8.23. The third-order valence-corrected chi connectivity index (χ3v) is 6.35. The topological polar surface area (TPSA) is 69.5 Å². The molecule has 4 rings (SSSR count). The third-order valence-electron chi connectivity index (χ3n) is 6.35. The number of rotatable bonds is 9. The van der Waals surface area contributed by atoms with E-state index in [1.54, 1.807) is 6.07 Å². The predicted molar refractivity (Wildman–Crippen MR) is 132 cm³/mol. The minimum absolute atomic E-state index is 0.0805. The van der Waals surface area contributed by atoms with E-state index in [4.69, 9.17) is 14.4 Å². The molecule has 2 atom stereocenters. The Balaban J connectivity index is 1.59. The minimum atomic E-state index is -0.583. The maximum absolute atomic E-state index is 12.2. The predicted octanol–water partition coefficient (Wildman–Crippen LogP) is 5.23. The van der Waals surface area contributed by atoms with E-state index in [0.717, 1.165) is 17.7 Å². The van der Waals surface area contributed by atoms with Crippen molar-refractivity contribution in [1.82, 2.24) is 0 Å². The summed E-state index contributed by atoms with van der Waals surface area (Å²) >= 11 is 0. The quantitative estimate of drug-likeness (QED) is 0.251. The lowest BCUT2D eigenvalue weighted by molar-refractivity contribution is -0.132. The normalized spacial score (nSPS) is 19.9. The molecule has 174 valence electrons. The van der Waals surface area contributed by atoms with Crippen LogP contribution in [0.1, 0.15) is 41.5 Å². The molecule has 0 saturated heterocycles. The van der Waals surface area contributed by atoms with Gasteiger partial charge in [-0.15, -0.1) is 0 Å². The van der Waals surface area contributed by atoms with E-state index in [0.29, 0.717) is 11.5 Å². The third kappa shape index (κ3) is 4.57. The summed E-state index contributed by atoms with van der Waals surface area (Å²) in [6.07, 6.45) is 0.975. The lowest BCUT2D eigenvalue weighted by Gasteiger charge is -2.18. The van der Waals surface area contributed by atoms with E-state index in [-0.39, 0.29) is 17.7 Å². The first-order chi connectivity index (χ1) is 16.6. The molecule has 0 heterocycles. The molecule has 0 bridgehead atoms. The number of nitrogens with zero attached hydrogens (tertiary/aromatic N) is 2. The summed E-state index contributed by atoms with van der Waals surface area (Å²) in [5.41, 5.74) is 4.66. The van der Waals surface area contributed by atoms with Crippen molar-refractivity contribution in [3.8, 4) is 0 Å². The van der Waals surface area contributed by atoms with Gasteiger partial charge in [0, 0.05) is 22.5 Å². The number of methoxy groups -OCH3 is 1. The first kappa shape index (κ1) is 23.2. The molecule has 0 radical (unpaired) electrons. The molecule has 3 aromatic carbocycles. The van der Waals surface area contributed by atoms with Crippen LogP contribution in [0, 0.1) is 0 Å². The van der Waals surface area contributed by atoms with Gasteiger partial charge in [-0.05, 0) is 24.5 Å². The molecule has 34 heavy (non-hydrogen) atoms. The number of carbonyl (C=O) groups is 1. The zero-order valence-corrected chi connectivity index (χ0v) is 19.6. The van der Waals surface area contributed by atoms with Crippen LogP contribution in [0.25, 0.3) is 0 Å². The molecule has 2 unspecified atom stereocenters. The van der Waals surface area contributed by atoms with Gasteiger partial charge in [0.1, 0.15) is 13.7 Å². The molecular weight excluding hydrogens is 428 g/mol. The molecule has 0 aliphatic heterocycles. The van der Waals surface area contributed by atoms with E-state index >= 15 is 0 Å². The lowest BCUT2D eigenvalue weighted by atomic mass is 9.87. The molecule has 0 N–H and O–H groups in total. The van der Waals surface area contributed by atoms with Crippen molar-refractivity contribution in [2.45, 2.75) is 31.3 Å². The smallest absolute Gasteiger partial charge is 0.360 e. The average molecular weight is 457 g/mol. The Kier molecular flexibility index (Phi) is 7.07. The molecule has 6 heteroatoms. The van der Waals surface area contributed by atoms with Crippen LogP contribution in [-0.4, -0.2) is 31.6 Å². The molecule has 1 fully saturated rings. The number of esters is 1. The minimum Gasteiger partial charge on any atom is -0.464 e. The Morgan fingerprint density at radius 2 is 1.56 bits per heavy atom. The molecule has 1 saturated carbocycles. The molecule has 1 aliphatic carbocycles. The van der Waals surface area contributed by atoms with Gasteiger partial charge in [0.15, 0.2) is 5.71 Å². The van der Waals surface area contributed by atoms with Gasteiger partial charge in [-0.3, -0.25) is 0 Å². The SMILES string of the molecule is CO/N=C(\C(=O)OC)c1ccccc1CON=C(C)C1(c2ccccc2)CC1c1ccccc1. The van der Waals surface area contributed by atoms with Crippen LogP contribution in [0.5, 0.6) is 0 Å². The van der Waals surface area contributed by atoms with Gasteiger partial charge < -0.3 is 14.4 Å². The zero-order chi connectivity index (χ0) is 24.0. The number of benzene rings is 3. The molecule has 1 aliphatic rings. The van der Waals surface area contributed by atoms with Crippen LogP contribution < -0.4 is 0 Å². The average Bonchev–Trinajstić information content (AvgIpc) is 3.65. The van der Waals surface area contributed by atoms with Crippen LogP contribution >= 0.6 is 0 Å². The summed E-state index contributed by atoms with van der Waals surface area (Å²) in [6.45, 7) is 2.20. The van der Waals surface area contributed by atoms with Crippen LogP contribution in [0.4, 0.5) is 0 Å². The van der Waals surface area contributed by atoms with E-state index in [2.05, 4.69) is 58.8 Å². The number of ether oxygens (including phenoxy) is 1. The summed E-state index contributed by atoms with van der Waals surface area (Å²) in [5, 5.41) is 8.40. The van der Waals surface area contributed by atoms with Gasteiger partial charge in [0.05, 0.1) is 12.8 Å². The summed E-state index contributed by atoms with van der Waals surface area (Å²) in [6, 6.07) is 28.3. The van der Waals surface area contributed by atoms with Gasteiger partial charge in [0.2, 0.25) is 0 Å². The Morgan fingerprint density at radius 1 is 0.912 bits per heavy atom. The number of carbonyl (C=O) groups excluding carboxylic acids is 1. The van der Waals surface area contributed by atoms with Gasteiger partial charge in [-0.25, -0.2) is 4.79 Å². The van der Waals surface area contributed by atoms with Gasteiger partial charge >= 0.3 is 5.97 Å². The van der Waals surface area contributed by atoms with Crippen molar-refractivity contribution in [3.05, 3.63) is 107 Å². The maximum Gasteiger partial charge on any atom is 0.360 e.